The fraction of sp³-hybridized carbons (Fsp3) is 0.222. The van der Waals surface area contributed by atoms with Gasteiger partial charge in [0.25, 0.3) is 0 Å². The van der Waals surface area contributed by atoms with Crippen molar-refractivity contribution < 1.29 is 9.18 Å². The maximum atomic E-state index is 13.2. The van der Waals surface area contributed by atoms with Gasteiger partial charge in [0, 0.05) is 7.05 Å². The van der Waals surface area contributed by atoms with Crippen molar-refractivity contribution in [2.45, 2.75) is 0 Å². The van der Waals surface area contributed by atoms with E-state index in [0.717, 1.165) is 5.69 Å². The van der Waals surface area contributed by atoms with Crippen molar-refractivity contribution in [3.8, 4) is 0 Å². The largest absolute Gasteiger partial charge is 0.374 e. The van der Waals surface area contributed by atoms with Crippen molar-refractivity contribution in [3.63, 3.8) is 0 Å². The Morgan fingerprint density at radius 2 is 2.29 bits per heavy atom. The van der Waals surface area contributed by atoms with Crippen LogP contribution in [0, 0.1) is 5.82 Å². The Morgan fingerprint density at radius 3 is 3.00 bits per heavy atom. The molecule has 0 saturated heterocycles. The van der Waals surface area contributed by atoms with Gasteiger partial charge in [0.1, 0.15) is 5.82 Å². The van der Waals surface area contributed by atoms with E-state index in [1.54, 1.807) is 13.1 Å². The van der Waals surface area contributed by atoms with Crippen molar-refractivity contribution in [1.29, 1.82) is 0 Å². The van der Waals surface area contributed by atoms with Crippen LogP contribution in [0.4, 0.5) is 15.8 Å². The second-order valence-corrected chi connectivity index (χ2v) is 3.86. The Morgan fingerprint density at radius 1 is 1.57 bits per heavy atom. The van der Waals surface area contributed by atoms with Gasteiger partial charge in [0.2, 0.25) is 5.91 Å². The minimum absolute atomic E-state index is 0.0798. The van der Waals surface area contributed by atoms with Crippen LogP contribution >= 0.6 is 15.9 Å². The maximum Gasteiger partial charge on any atom is 0.246 e. The lowest BCUT2D eigenvalue weighted by Gasteiger charge is -2.27. The number of amides is 1. The molecule has 0 saturated carbocycles. The molecule has 0 bridgehead atoms. The highest BCUT2D eigenvalue weighted by Crippen LogP contribution is 2.37. The summed E-state index contributed by atoms with van der Waals surface area (Å²) in [7, 11) is 1.63. The van der Waals surface area contributed by atoms with E-state index in [1.165, 1.54) is 11.0 Å². The van der Waals surface area contributed by atoms with Crippen molar-refractivity contribution in [2.24, 2.45) is 0 Å². The minimum atomic E-state index is -0.368. The van der Waals surface area contributed by atoms with Crippen LogP contribution in [0.5, 0.6) is 0 Å². The first-order valence-electron chi connectivity index (χ1n) is 4.09. The Kier molecular flexibility index (Phi) is 2.19. The zero-order chi connectivity index (χ0) is 10.3. The number of rotatable bonds is 0. The summed E-state index contributed by atoms with van der Waals surface area (Å²) < 4.78 is 13.5. The smallest absolute Gasteiger partial charge is 0.246 e. The lowest BCUT2D eigenvalue weighted by Crippen LogP contribution is -2.37. The molecule has 1 amide bonds. The average molecular weight is 259 g/mol. The quantitative estimate of drug-likeness (QED) is 0.772. The Labute approximate surface area is 89.0 Å². The molecule has 1 N–H and O–H groups in total. The highest BCUT2D eigenvalue weighted by molar-refractivity contribution is 9.10. The third kappa shape index (κ3) is 1.28. The average Bonchev–Trinajstić information content (AvgIpc) is 2.17. The van der Waals surface area contributed by atoms with Crippen LogP contribution in [-0.2, 0) is 4.79 Å². The van der Waals surface area contributed by atoms with Crippen LogP contribution in [0.1, 0.15) is 0 Å². The van der Waals surface area contributed by atoms with Gasteiger partial charge in [-0.05, 0) is 28.1 Å². The maximum absolute atomic E-state index is 13.2. The molecule has 0 aliphatic carbocycles. The Balaban J connectivity index is 2.62. The summed E-state index contributed by atoms with van der Waals surface area (Å²) in [5.41, 5.74) is 1.32. The van der Waals surface area contributed by atoms with Gasteiger partial charge in [-0.3, -0.25) is 4.79 Å². The lowest BCUT2D eigenvalue weighted by molar-refractivity contribution is -0.116. The van der Waals surface area contributed by atoms with E-state index in [2.05, 4.69) is 21.2 Å². The predicted molar refractivity (Wildman–Crippen MR) is 56.0 cm³/mol. The summed E-state index contributed by atoms with van der Waals surface area (Å²) in [6, 6.07) is 2.98. The Hall–Kier alpha value is -1.10. The van der Waals surface area contributed by atoms with E-state index in [-0.39, 0.29) is 18.3 Å². The van der Waals surface area contributed by atoms with E-state index in [0.29, 0.717) is 10.2 Å². The summed E-state index contributed by atoms with van der Waals surface area (Å²) in [5.74, 6) is -0.448. The van der Waals surface area contributed by atoms with Crippen molar-refractivity contribution >= 4 is 33.2 Å². The third-order valence-corrected chi connectivity index (χ3v) is 2.96. The Bertz CT molecular complexity index is 408. The van der Waals surface area contributed by atoms with Crippen LogP contribution in [0.25, 0.3) is 0 Å². The first-order valence-corrected chi connectivity index (χ1v) is 4.89. The van der Waals surface area contributed by atoms with E-state index >= 15 is 0 Å². The third-order valence-electron chi connectivity index (χ3n) is 2.21. The number of nitrogens with zero attached hydrogens (tertiary/aromatic N) is 1. The number of likely N-dealkylation sites (N-methyl/N-ethyl adjacent to an activating group) is 1. The van der Waals surface area contributed by atoms with Gasteiger partial charge < -0.3 is 10.2 Å². The standard InChI is InChI=1S/C9H8BrFN2O/c1-13-7(14)4-12-6-3-2-5(11)8(10)9(6)13/h2-3,12H,4H2,1H3. The summed E-state index contributed by atoms with van der Waals surface area (Å²) >= 11 is 3.12. The zero-order valence-electron chi connectivity index (χ0n) is 7.47. The molecule has 1 aliphatic heterocycles. The summed E-state index contributed by atoms with van der Waals surface area (Å²) in [4.78, 5) is 12.8. The predicted octanol–water partition coefficient (Wildman–Crippen LogP) is 1.98. The number of anilines is 2. The van der Waals surface area contributed by atoms with Gasteiger partial charge in [0.05, 0.1) is 22.4 Å². The van der Waals surface area contributed by atoms with Gasteiger partial charge in [-0.25, -0.2) is 4.39 Å². The number of hydrogen-bond acceptors (Lipinski definition) is 2. The molecule has 1 aromatic rings. The fourth-order valence-electron chi connectivity index (χ4n) is 1.42. The molecular formula is C9H8BrFN2O. The molecule has 0 unspecified atom stereocenters. The number of benzene rings is 1. The lowest BCUT2D eigenvalue weighted by atomic mass is 10.2. The molecule has 0 fully saturated rings. The van der Waals surface area contributed by atoms with Gasteiger partial charge in [-0.2, -0.15) is 0 Å². The van der Waals surface area contributed by atoms with E-state index in [9.17, 15) is 9.18 Å². The van der Waals surface area contributed by atoms with E-state index < -0.39 is 0 Å². The first kappa shape index (κ1) is 9.45. The molecule has 1 heterocycles. The highest BCUT2D eigenvalue weighted by atomic mass is 79.9. The molecule has 5 heteroatoms. The number of fused-ring (bicyclic) bond motifs is 1. The monoisotopic (exact) mass is 258 g/mol. The topological polar surface area (TPSA) is 32.3 Å². The van der Waals surface area contributed by atoms with Crippen LogP contribution in [0.2, 0.25) is 0 Å². The van der Waals surface area contributed by atoms with Crippen LogP contribution in [-0.4, -0.2) is 19.5 Å². The van der Waals surface area contributed by atoms with Gasteiger partial charge >= 0.3 is 0 Å². The molecule has 3 nitrogen and oxygen atoms in total. The first-order chi connectivity index (χ1) is 6.61. The SMILES string of the molecule is CN1C(=O)CNc2ccc(F)c(Br)c21. The number of carbonyl (C=O) groups excluding carboxylic acids is 1. The van der Waals surface area contributed by atoms with Gasteiger partial charge in [0.15, 0.2) is 0 Å². The van der Waals surface area contributed by atoms with E-state index in [4.69, 9.17) is 0 Å². The molecule has 74 valence electrons. The zero-order valence-corrected chi connectivity index (χ0v) is 9.06. The van der Waals surface area contributed by atoms with Crippen LogP contribution in [0.3, 0.4) is 0 Å². The van der Waals surface area contributed by atoms with Crippen LogP contribution < -0.4 is 10.2 Å². The summed E-state index contributed by atoms with van der Waals surface area (Å²) in [6.07, 6.45) is 0. The van der Waals surface area contributed by atoms with Crippen molar-refractivity contribution in [1.82, 2.24) is 0 Å². The molecular weight excluding hydrogens is 251 g/mol. The molecule has 2 rings (SSSR count). The second kappa shape index (κ2) is 3.24. The van der Waals surface area contributed by atoms with Gasteiger partial charge in [-0.1, -0.05) is 0 Å². The molecule has 0 radical (unpaired) electrons. The highest BCUT2D eigenvalue weighted by Gasteiger charge is 2.24. The van der Waals surface area contributed by atoms with Crippen molar-refractivity contribution in [2.75, 3.05) is 23.8 Å². The number of hydrogen-bond donors (Lipinski definition) is 1. The summed E-state index contributed by atoms with van der Waals surface area (Å²) in [5, 5.41) is 2.92. The van der Waals surface area contributed by atoms with Gasteiger partial charge in [-0.15, -0.1) is 0 Å². The second-order valence-electron chi connectivity index (χ2n) is 3.06. The van der Waals surface area contributed by atoms with Crippen LogP contribution in [0.15, 0.2) is 16.6 Å². The normalized spacial score (nSPS) is 15.1. The molecule has 14 heavy (non-hydrogen) atoms. The number of nitrogens with one attached hydrogen (secondary N) is 1. The molecule has 1 aliphatic rings. The van der Waals surface area contributed by atoms with E-state index in [1.807, 2.05) is 0 Å². The molecule has 1 aromatic carbocycles. The number of halogens is 2. The fourth-order valence-corrected chi connectivity index (χ4v) is 2.04. The summed E-state index contributed by atoms with van der Waals surface area (Å²) in [6.45, 7) is 0.252. The minimum Gasteiger partial charge on any atom is -0.374 e. The molecule has 0 spiro atoms. The molecule has 0 aromatic heterocycles. The number of carbonyl (C=O) groups is 1. The molecule has 0 atom stereocenters. The van der Waals surface area contributed by atoms with Crippen molar-refractivity contribution in [3.05, 3.63) is 22.4 Å².